The Labute approximate surface area is 77.8 Å². The molecular weight excluding hydrogens is 162 g/mol. The minimum absolute atomic E-state index is 0.0118. The van der Waals surface area contributed by atoms with Crippen LogP contribution in [0.3, 0.4) is 0 Å². The first-order valence-corrected chi connectivity index (χ1v) is 4.16. The van der Waals surface area contributed by atoms with Gasteiger partial charge < -0.3 is 0 Å². The van der Waals surface area contributed by atoms with Crippen molar-refractivity contribution < 1.29 is 4.79 Å². The average molecular weight is 173 g/mol. The Hall–Kier alpha value is -1.62. The third-order valence-corrected chi connectivity index (χ3v) is 2.00. The maximum atomic E-state index is 11.2. The normalized spacial score (nSPS) is 11.8. The molecule has 0 aliphatic heterocycles. The predicted molar refractivity (Wildman–Crippen MR) is 50.5 cm³/mol. The van der Waals surface area contributed by atoms with Gasteiger partial charge in [0.05, 0.1) is 12.0 Å². The fourth-order valence-corrected chi connectivity index (χ4v) is 1.26. The molecule has 0 radical (unpaired) electrons. The third kappa shape index (κ3) is 1.94. The van der Waals surface area contributed by atoms with Crippen molar-refractivity contribution in [3.63, 3.8) is 0 Å². The zero-order chi connectivity index (χ0) is 9.84. The van der Waals surface area contributed by atoms with Crippen LogP contribution in [0.2, 0.25) is 0 Å². The Kier molecular flexibility index (Phi) is 2.81. The van der Waals surface area contributed by atoms with E-state index in [4.69, 9.17) is 5.26 Å². The highest BCUT2D eigenvalue weighted by molar-refractivity contribution is 5.95. The molecule has 1 aromatic carbocycles. The molecule has 0 amide bonds. The van der Waals surface area contributed by atoms with Crippen LogP contribution in [0.25, 0.3) is 0 Å². The van der Waals surface area contributed by atoms with Crippen molar-refractivity contribution in [3.8, 4) is 6.07 Å². The van der Waals surface area contributed by atoms with Crippen LogP contribution in [0.1, 0.15) is 35.7 Å². The maximum Gasteiger partial charge on any atom is 0.160 e. The number of Topliss-reactive ketones (excluding diaryl/α,β-unsaturated/α-hetero) is 1. The van der Waals surface area contributed by atoms with Gasteiger partial charge in [-0.15, -0.1) is 0 Å². The lowest BCUT2D eigenvalue weighted by Gasteiger charge is -2.07. The van der Waals surface area contributed by atoms with E-state index in [9.17, 15) is 4.79 Å². The second kappa shape index (κ2) is 3.86. The van der Waals surface area contributed by atoms with Crippen LogP contribution in [-0.2, 0) is 0 Å². The number of carbonyl (C=O) groups is 1. The molecule has 0 heterocycles. The largest absolute Gasteiger partial charge is 0.295 e. The zero-order valence-electron chi connectivity index (χ0n) is 7.74. The Morgan fingerprint density at radius 3 is 2.62 bits per heavy atom. The van der Waals surface area contributed by atoms with E-state index in [0.29, 0.717) is 5.56 Å². The van der Waals surface area contributed by atoms with Crippen molar-refractivity contribution in [2.75, 3.05) is 0 Å². The van der Waals surface area contributed by atoms with Crippen LogP contribution in [0.5, 0.6) is 0 Å². The predicted octanol–water partition coefficient (Wildman–Crippen LogP) is 2.52. The van der Waals surface area contributed by atoms with Gasteiger partial charge in [0.15, 0.2) is 5.78 Å². The Balaban J connectivity index is 3.21. The Bertz CT molecular complexity index is 363. The lowest BCUT2D eigenvalue weighted by molar-refractivity contribution is 0.101. The lowest BCUT2D eigenvalue weighted by atomic mass is 9.95. The summed E-state index contributed by atoms with van der Waals surface area (Å²) in [6.45, 7) is 3.31. The molecular formula is C11H11NO. The molecule has 0 spiro atoms. The summed E-state index contributed by atoms with van der Waals surface area (Å²) in [4.78, 5) is 11.2. The smallest absolute Gasteiger partial charge is 0.160 e. The molecule has 0 aliphatic carbocycles. The van der Waals surface area contributed by atoms with Crippen LogP contribution in [-0.4, -0.2) is 5.78 Å². The number of hydrogen-bond acceptors (Lipinski definition) is 2. The van der Waals surface area contributed by atoms with Gasteiger partial charge in [0, 0.05) is 5.56 Å². The molecule has 0 saturated carbocycles. The first kappa shape index (κ1) is 9.47. The van der Waals surface area contributed by atoms with Crippen LogP contribution in [0.15, 0.2) is 24.3 Å². The number of nitriles is 1. The summed E-state index contributed by atoms with van der Waals surface area (Å²) < 4.78 is 0. The molecule has 1 aromatic rings. The molecule has 66 valence electrons. The van der Waals surface area contributed by atoms with E-state index in [1.807, 2.05) is 18.2 Å². The van der Waals surface area contributed by atoms with E-state index in [-0.39, 0.29) is 11.7 Å². The van der Waals surface area contributed by atoms with Gasteiger partial charge in [0.1, 0.15) is 0 Å². The van der Waals surface area contributed by atoms with Gasteiger partial charge in [0.25, 0.3) is 0 Å². The molecule has 2 heteroatoms. The summed E-state index contributed by atoms with van der Waals surface area (Å²) in [7, 11) is 0. The number of carbonyl (C=O) groups excluding carboxylic acids is 1. The van der Waals surface area contributed by atoms with Gasteiger partial charge in [-0.1, -0.05) is 24.3 Å². The van der Waals surface area contributed by atoms with Gasteiger partial charge in [0.2, 0.25) is 0 Å². The highest BCUT2D eigenvalue weighted by Crippen LogP contribution is 2.19. The van der Waals surface area contributed by atoms with Crippen LogP contribution in [0, 0.1) is 11.3 Å². The quantitative estimate of drug-likeness (QED) is 0.645. The third-order valence-electron chi connectivity index (χ3n) is 2.00. The summed E-state index contributed by atoms with van der Waals surface area (Å²) in [6, 6.07) is 9.36. The number of nitrogens with zero attached hydrogens (tertiary/aromatic N) is 1. The molecule has 0 N–H and O–H groups in total. The van der Waals surface area contributed by atoms with E-state index in [1.54, 1.807) is 13.0 Å². The van der Waals surface area contributed by atoms with Gasteiger partial charge >= 0.3 is 0 Å². The molecule has 1 atom stereocenters. The summed E-state index contributed by atoms with van der Waals surface area (Å²) >= 11 is 0. The second-order valence-electron chi connectivity index (χ2n) is 2.99. The minimum atomic E-state index is -0.222. The fourth-order valence-electron chi connectivity index (χ4n) is 1.26. The first-order chi connectivity index (χ1) is 6.16. The SMILES string of the molecule is CC(=O)c1ccccc1C(C)C#N. The Morgan fingerprint density at radius 1 is 1.46 bits per heavy atom. The molecule has 13 heavy (non-hydrogen) atoms. The van der Waals surface area contributed by atoms with Gasteiger partial charge in [-0.3, -0.25) is 4.79 Å². The Morgan fingerprint density at radius 2 is 2.08 bits per heavy atom. The van der Waals surface area contributed by atoms with Crippen LogP contribution < -0.4 is 0 Å². The van der Waals surface area contributed by atoms with Crippen molar-refractivity contribution >= 4 is 5.78 Å². The topological polar surface area (TPSA) is 40.9 Å². The van der Waals surface area contributed by atoms with Crippen LogP contribution in [0.4, 0.5) is 0 Å². The van der Waals surface area contributed by atoms with Crippen molar-refractivity contribution in [1.29, 1.82) is 5.26 Å². The lowest BCUT2D eigenvalue weighted by Crippen LogP contribution is -2.01. The van der Waals surface area contributed by atoms with E-state index in [0.717, 1.165) is 5.56 Å². The molecule has 0 aromatic heterocycles. The standard InChI is InChI=1S/C11H11NO/c1-8(7-12)10-5-3-4-6-11(10)9(2)13/h3-6,8H,1-2H3. The summed E-state index contributed by atoms with van der Waals surface area (Å²) in [5.41, 5.74) is 1.47. The monoisotopic (exact) mass is 173 g/mol. The molecule has 0 aliphatic rings. The van der Waals surface area contributed by atoms with Gasteiger partial charge in [-0.05, 0) is 19.4 Å². The van der Waals surface area contributed by atoms with E-state index >= 15 is 0 Å². The molecule has 1 unspecified atom stereocenters. The summed E-state index contributed by atoms with van der Waals surface area (Å²) in [5, 5.41) is 8.73. The average Bonchev–Trinajstić information content (AvgIpc) is 2.16. The maximum absolute atomic E-state index is 11.2. The molecule has 0 saturated heterocycles. The van der Waals surface area contributed by atoms with E-state index in [1.165, 1.54) is 6.92 Å². The first-order valence-electron chi connectivity index (χ1n) is 4.16. The van der Waals surface area contributed by atoms with Crippen molar-refractivity contribution in [2.45, 2.75) is 19.8 Å². The second-order valence-corrected chi connectivity index (χ2v) is 2.99. The number of benzene rings is 1. The van der Waals surface area contributed by atoms with Gasteiger partial charge in [-0.25, -0.2) is 0 Å². The molecule has 1 rings (SSSR count). The van der Waals surface area contributed by atoms with Crippen molar-refractivity contribution in [3.05, 3.63) is 35.4 Å². The molecule has 2 nitrogen and oxygen atoms in total. The van der Waals surface area contributed by atoms with Gasteiger partial charge in [-0.2, -0.15) is 5.26 Å². The molecule has 0 bridgehead atoms. The zero-order valence-corrected chi connectivity index (χ0v) is 7.74. The van der Waals surface area contributed by atoms with E-state index < -0.39 is 0 Å². The highest BCUT2D eigenvalue weighted by atomic mass is 16.1. The number of rotatable bonds is 2. The summed E-state index contributed by atoms with van der Waals surface area (Å²) in [6.07, 6.45) is 0. The number of hydrogen-bond donors (Lipinski definition) is 0. The van der Waals surface area contributed by atoms with Crippen molar-refractivity contribution in [1.82, 2.24) is 0 Å². The van der Waals surface area contributed by atoms with E-state index in [2.05, 4.69) is 6.07 Å². The molecule has 0 fully saturated rings. The minimum Gasteiger partial charge on any atom is -0.295 e. The summed E-state index contributed by atoms with van der Waals surface area (Å²) in [5.74, 6) is -0.210. The highest BCUT2D eigenvalue weighted by Gasteiger charge is 2.11. The number of ketones is 1. The van der Waals surface area contributed by atoms with Crippen molar-refractivity contribution in [2.24, 2.45) is 0 Å². The fraction of sp³-hybridized carbons (Fsp3) is 0.273. The van der Waals surface area contributed by atoms with Crippen LogP contribution >= 0.6 is 0 Å².